The van der Waals surface area contributed by atoms with E-state index < -0.39 is 0 Å². The maximum Gasteiger partial charge on any atom is 0.273 e. The van der Waals surface area contributed by atoms with Crippen LogP contribution in [0.5, 0.6) is 0 Å². The normalized spacial score (nSPS) is 14.9. The lowest BCUT2D eigenvalue weighted by molar-refractivity contribution is 0.0933. The van der Waals surface area contributed by atoms with Crippen LogP contribution in [0.15, 0.2) is 40.9 Å². The minimum atomic E-state index is -0.183. The summed E-state index contributed by atoms with van der Waals surface area (Å²) in [6.45, 7) is 2.61. The molecule has 2 aromatic rings. The van der Waals surface area contributed by atoms with E-state index in [0.29, 0.717) is 23.9 Å². The summed E-state index contributed by atoms with van der Waals surface area (Å²) in [5.41, 5.74) is 1.24. The maximum absolute atomic E-state index is 11.9. The van der Waals surface area contributed by atoms with Crippen LogP contribution in [0.25, 0.3) is 11.3 Å². The topological polar surface area (TPSA) is 67.2 Å². The van der Waals surface area contributed by atoms with Gasteiger partial charge in [-0.15, -0.1) is 0 Å². The fourth-order valence-electron chi connectivity index (χ4n) is 1.94. The van der Waals surface area contributed by atoms with Gasteiger partial charge in [-0.25, -0.2) is 0 Å². The largest absolute Gasteiger partial charge is 0.355 e. The Bertz CT molecular complexity index is 561. The van der Waals surface area contributed by atoms with Gasteiger partial charge in [0.05, 0.1) is 0 Å². The molecule has 0 bridgehead atoms. The Labute approximate surface area is 111 Å². The van der Waals surface area contributed by atoms with E-state index in [-0.39, 0.29) is 5.91 Å². The van der Waals surface area contributed by atoms with E-state index in [0.717, 1.165) is 18.7 Å². The Morgan fingerprint density at radius 3 is 2.84 bits per heavy atom. The molecule has 1 aliphatic rings. The van der Waals surface area contributed by atoms with Crippen molar-refractivity contribution < 1.29 is 9.32 Å². The zero-order chi connectivity index (χ0) is 13.1. The summed E-state index contributed by atoms with van der Waals surface area (Å²) in [4.78, 5) is 11.9. The van der Waals surface area contributed by atoms with Gasteiger partial charge in [0.1, 0.15) is 0 Å². The lowest BCUT2D eigenvalue weighted by Gasteiger charge is -2.26. The van der Waals surface area contributed by atoms with Crippen LogP contribution in [-0.4, -0.2) is 30.7 Å². The first-order chi connectivity index (χ1) is 9.33. The van der Waals surface area contributed by atoms with E-state index >= 15 is 0 Å². The van der Waals surface area contributed by atoms with Crippen molar-refractivity contribution in [2.75, 3.05) is 19.6 Å². The molecule has 19 heavy (non-hydrogen) atoms. The predicted molar refractivity (Wildman–Crippen MR) is 70.6 cm³/mol. The fourth-order valence-corrected chi connectivity index (χ4v) is 1.94. The highest BCUT2D eigenvalue weighted by Gasteiger charge is 2.19. The van der Waals surface area contributed by atoms with Crippen LogP contribution >= 0.6 is 0 Å². The van der Waals surface area contributed by atoms with Gasteiger partial charge in [-0.1, -0.05) is 35.5 Å². The highest BCUT2D eigenvalue weighted by molar-refractivity contribution is 5.93. The van der Waals surface area contributed by atoms with E-state index in [1.165, 1.54) is 0 Å². The van der Waals surface area contributed by atoms with Crippen molar-refractivity contribution in [2.24, 2.45) is 5.92 Å². The number of nitrogens with zero attached hydrogens (tertiary/aromatic N) is 1. The summed E-state index contributed by atoms with van der Waals surface area (Å²) >= 11 is 0. The quantitative estimate of drug-likeness (QED) is 0.866. The number of benzene rings is 1. The first-order valence-corrected chi connectivity index (χ1v) is 6.34. The van der Waals surface area contributed by atoms with Gasteiger partial charge in [0, 0.05) is 37.2 Å². The summed E-state index contributed by atoms with van der Waals surface area (Å²) in [6.07, 6.45) is 0. The van der Waals surface area contributed by atoms with Gasteiger partial charge in [-0.2, -0.15) is 0 Å². The SMILES string of the molecule is O=C(NCC1CNC1)c1cc(-c2ccccc2)on1. The van der Waals surface area contributed by atoms with Crippen LogP contribution in [0.2, 0.25) is 0 Å². The Morgan fingerprint density at radius 1 is 1.37 bits per heavy atom. The average molecular weight is 257 g/mol. The fraction of sp³-hybridized carbons (Fsp3) is 0.286. The molecule has 1 saturated heterocycles. The third-order valence-corrected chi connectivity index (χ3v) is 3.22. The number of rotatable bonds is 4. The summed E-state index contributed by atoms with van der Waals surface area (Å²) < 4.78 is 5.20. The van der Waals surface area contributed by atoms with Crippen LogP contribution in [0.1, 0.15) is 10.5 Å². The van der Waals surface area contributed by atoms with E-state index in [1.807, 2.05) is 30.3 Å². The standard InChI is InChI=1S/C14H15N3O2/c18-14(16-9-10-7-15-8-10)12-6-13(19-17-12)11-4-2-1-3-5-11/h1-6,10,15H,7-9H2,(H,16,18). The van der Waals surface area contributed by atoms with E-state index in [1.54, 1.807) is 6.07 Å². The van der Waals surface area contributed by atoms with Crippen LogP contribution in [0.3, 0.4) is 0 Å². The van der Waals surface area contributed by atoms with E-state index in [9.17, 15) is 4.79 Å². The number of amides is 1. The molecule has 1 aromatic heterocycles. The van der Waals surface area contributed by atoms with Gasteiger partial charge < -0.3 is 15.2 Å². The smallest absolute Gasteiger partial charge is 0.273 e. The van der Waals surface area contributed by atoms with Gasteiger partial charge >= 0.3 is 0 Å². The minimum absolute atomic E-state index is 0.183. The second kappa shape index (κ2) is 5.24. The Morgan fingerprint density at radius 2 is 2.16 bits per heavy atom. The lowest BCUT2D eigenvalue weighted by Crippen LogP contribution is -2.48. The van der Waals surface area contributed by atoms with Gasteiger partial charge in [0.15, 0.2) is 11.5 Å². The summed E-state index contributed by atoms with van der Waals surface area (Å²) in [5, 5.41) is 9.84. The second-order valence-electron chi connectivity index (χ2n) is 4.68. The van der Waals surface area contributed by atoms with Crippen LogP contribution in [0, 0.1) is 5.92 Å². The molecule has 1 aliphatic heterocycles. The monoisotopic (exact) mass is 257 g/mol. The average Bonchev–Trinajstić information content (AvgIpc) is 2.87. The van der Waals surface area contributed by atoms with Crippen molar-refractivity contribution in [1.82, 2.24) is 15.8 Å². The molecule has 2 heterocycles. The lowest BCUT2D eigenvalue weighted by atomic mass is 10.0. The van der Waals surface area contributed by atoms with Crippen LogP contribution in [0.4, 0.5) is 0 Å². The second-order valence-corrected chi connectivity index (χ2v) is 4.68. The van der Waals surface area contributed by atoms with Crippen LogP contribution in [-0.2, 0) is 0 Å². The summed E-state index contributed by atoms with van der Waals surface area (Å²) in [7, 11) is 0. The van der Waals surface area contributed by atoms with Crippen molar-refractivity contribution in [2.45, 2.75) is 0 Å². The molecule has 1 amide bonds. The van der Waals surface area contributed by atoms with Crippen molar-refractivity contribution in [1.29, 1.82) is 0 Å². The molecule has 3 rings (SSSR count). The molecule has 5 heteroatoms. The Kier molecular flexibility index (Phi) is 3.29. The zero-order valence-electron chi connectivity index (χ0n) is 10.4. The molecule has 1 aromatic carbocycles. The molecule has 5 nitrogen and oxygen atoms in total. The Hall–Kier alpha value is -2.14. The van der Waals surface area contributed by atoms with Gasteiger partial charge in [0.25, 0.3) is 5.91 Å². The minimum Gasteiger partial charge on any atom is -0.355 e. The molecule has 0 aliphatic carbocycles. The van der Waals surface area contributed by atoms with Crippen LogP contribution < -0.4 is 10.6 Å². The van der Waals surface area contributed by atoms with E-state index in [4.69, 9.17) is 4.52 Å². The molecule has 0 radical (unpaired) electrons. The summed E-state index contributed by atoms with van der Waals surface area (Å²) in [6, 6.07) is 11.3. The Balaban J connectivity index is 1.65. The molecule has 1 fully saturated rings. The zero-order valence-corrected chi connectivity index (χ0v) is 10.4. The van der Waals surface area contributed by atoms with Crippen molar-refractivity contribution in [3.8, 4) is 11.3 Å². The van der Waals surface area contributed by atoms with Gasteiger partial charge in [-0.3, -0.25) is 4.79 Å². The predicted octanol–water partition coefficient (Wildman–Crippen LogP) is 1.29. The number of hydrogen-bond acceptors (Lipinski definition) is 4. The van der Waals surface area contributed by atoms with Crippen molar-refractivity contribution in [3.63, 3.8) is 0 Å². The molecule has 0 atom stereocenters. The molecule has 98 valence electrons. The molecular formula is C14H15N3O2. The van der Waals surface area contributed by atoms with Gasteiger partial charge in [-0.05, 0) is 0 Å². The third-order valence-electron chi connectivity index (χ3n) is 3.22. The molecule has 0 saturated carbocycles. The van der Waals surface area contributed by atoms with Gasteiger partial charge in [0.2, 0.25) is 0 Å². The molecule has 0 unspecified atom stereocenters. The number of carbonyl (C=O) groups is 1. The number of aromatic nitrogens is 1. The first-order valence-electron chi connectivity index (χ1n) is 6.34. The molecular weight excluding hydrogens is 242 g/mol. The van der Waals surface area contributed by atoms with Crippen molar-refractivity contribution in [3.05, 3.63) is 42.1 Å². The molecule has 2 N–H and O–H groups in total. The first kappa shape index (κ1) is 11.9. The number of hydrogen-bond donors (Lipinski definition) is 2. The number of carbonyl (C=O) groups excluding carboxylic acids is 1. The number of nitrogens with one attached hydrogen (secondary N) is 2. The summed E-state index contributed by atoms with van der Waals surface area (Å²) in [5.74, 6) is 0.957. The van der Waals surface area contributed by atoms with E-state index in [2.05, 4.69) is 15.8 Å². The van der Waals surface area contributed by atoms with Crippen molar-refractivity contribution >= 4 is 5.91 Å². The highest BCUT2D eigenvalue weighted by Crippen LogP contribution is 2.19. The third kappa shape index (κ3) is 2.66. The molecule has 0 spiro atoms. The maximum atomic E-state index is 11.9. The highest BCUT2D eigenvalue weighted by atomic mass is 16.5.